The van der Waals surface area contributed by atoms with E-state index in [4.69, 9.17) is 23.2 Å². The number of aromatic nitrogens is 4. The van der Waals surface area contributed by atoms with Gasteiger partial charge in [0.1, 0.15) is 6.07 Å². The van der Waals surface area contributed by atoms with Gasteiger partial charge in [-0.25, -0.2) is 19.9 Å². The smallest absolute Gasteiger partial charge is 0.218 e. The van der Waals surface area contributed by atoms with Crippen molar-refractivity contribution in [2.75, 3.05) is 12.5 Å². The second-order valence-corrected chi connectivity index (χ2v) is 13.4. The van der Waals surface area contributed by atoms with Gasteiger partial charge in [0.25, 0.3) is 0 Å². The Morgan fingerprint density at radius 2 is 1.43 bits per heavy atom. The minimum atomic E-state index is -0.236. The van der Waals surface area contributed by atoms with E-state index >= 15 is 0 Å². The molecule has 6 aromatic rings. The Bertz CT molecular complexity index is 2110. The van der Waals surface area contributed by atoms with Crippen molar-refractivity contribution in [1.82, 2.24) is 19.9 Å². The number of rotatable bonds is 7. The molecule has 0 spiro atoms. The highest BCUT2D eigenvalue weighted by Crippen LogP contribution is 2.39. The summed E-state index contributed by atoms with van der Waals surface area (Å²) in [4.78, 5) is 20.5. The van der Waals surface area contributed by atoms with Crippen molar-refractivity contribution < 1.29 is 0 Å². The first-order valence-corrected chi connectivity index (χ1v) is 17.1. The van der Waals surface area contributed by atoms with Gasteiger partial charge >= 0.3 is 0 Å². The Morgan fingerprint density at radius 3 is 2.18 bits per heavy atom. The summed E-state index contributed by atoms with van der Waals surface area (Å²) in [7, 11) is 0. The predicted octanol–water partition coefficient (Wildman–Crippen LogP) is 10.0. The van der Waals surface area contributed by atoms with Crippen molar-refractivity contribution in [2.24, 2.45) is 0 Å². The third kappa shape index (κ3) is 5.76. The maximum atomic E-state index is 9.67. The normalized spacial score (nSPS) is 11.7. The van der Waals surface area contributed by atoms with E-state index in [1.165, 1.54) is 0 Å². The molecule has 5 nitrogen and oxygen atoms in total. The number of halogens is 2. The van der Waals surface area contributed by atoms with Crippen LogP contribution in [0.15, 0.2) is 88.7 Å². The molecule has 0 N–H and O–H groups in total. The number of hydrogen-bond acceptors (Lipinski definition) is 7. The van der Waals surface area contributed by atoms with Crippen molar-refractivity contribution in [3.63, 3.8) is 0 Å². The summed E-state index contributed by atoms with van der Waals surface area (Å²) in [5.41, 5.74) is 7.46. The molecule has 44 heavy (non-hydrogen) atoms. The van der Waals surface area contributed by atoms with Gasteiger partial charge in [-0.3, -0.25) is 0 Å². The van der Waals surface area contributed by atoms with Crippen LogP contribution in [0, 0.1) is 11.3 Å². The van der Waals surface area contributed by atoms with Crippen LogP contribution in [0.4, 0.5) is 0 Å². The quantitative estimate of drug-likeness (QED) is 0.126. The molecule has 2 heterocycles. The van der Waals surface area contributed by atoms with Crippen LogP contribution in [-0.2, 0) is 11.8 Å². The molecule has 0 radical (unpaired) electrons. The SMILES string of the molecule is CSc1ccccc1-c1nc(Cl)nc2cc(C(C)(C)Cc3ccc(SC)c(-c4nc(Cl)nc5c(C#N)cccc45)c3)ccc12. The lowest BCUT2D eigenvalue weighted by Gasteiger charge is -2.26. The van der Waals surface area contributed by atoms with Crippen LogP contribution in [-0.4, -0.2) is 32.4 Å². The first-order chi connectivity index (χ1) is 21.2. The van der Waals surface area contributed by atoms with Gasteiger partial charge in [-0.15, -0.1) is 23.5 Å². The van der Waals surface area contributed by atoms with E-state index in [2.05, 4.69) is 94.6 Å². The topological polar surface area (TPSA) is 75.3 Å². The minimum absolute atomic E-state index is 0.115. The van der Waals surface area contributed by atoms with Gasteiger partial charge in [-0.05, 0) is 89.0 Å². The second kappa shape index (κ2) is 12.4. The Labute approximate surface area is 275 Å². The van der Waals surface area contributed by atoms with Crippen LogP contribution in [0.3, 0.4) is 0 Å². The average molecular weight is 653 g/mol. The molecule has 218 valence electrons. The number of hydrogen-bond donors (Lipinski definition) is 0. The lowest BCUT2D eigenvalue weighted by Crippen LogP contribution is -2.20. The summed E-state index contributed by atoms with van der Waals surface area (Å²) in [6.07, 6.45) is 4.87. The maximum Gasteiger partial charge on any atom is 0.223 e. The number of fused-ring (bicyclic) bond motifs is 2. The standard InChI is InChI=1S/C35H27Cl2N5S2/c1-35(2,22-13-14-23-27(17-22)39-33(36)41-31(23)24-9-5-6-11-28(24)43-3)18-20-12-15-29(44-4)26(16-20)32-25-10-7-8-21(19-38)30(25)40-34(37)42-32/h5-17H,18H2,1-4H3. The van der Waals surface area contributed by atoms with Gasteiger partial charge in [-0.2, -0.15) is 5.26 Å². The number of nitrogens with zero attached hydrogens (tertiary/aromatic N) is 5. The zero-order valence-corrected chi connectivity index (χ0v) is 27.7. The molecular weight excluding hydrogens is 625 g/mol. The lowest BCUT2D eigenvalue weighted by atomic mass is 9.78. The van der Waals surface area contributed by atoms with Crippen molar-refractivity contribution >= 4 is 68.5 Å². The molecule has 0 bridgehead atoms. The summed E-state index contributed by atoms with van der Waals surface area (Å²) < 4.78 is 0. The summed E-state index contributed by atoms with van der Waals surface area (Å²) in [6.45, 7) is 4.47. The molecule has 0 amide bonds. The van der Waals surface area contributed by atoms with Crippen molar-refractivity contribution in [2.45, 2.75) is 35.5 Å². The van der Waals surface area contributed by atoms with E-state index in [1.54, 1.807) is 29.6 Å². The zero-order valence-electron chi connectivity index (χ0n) is 24.5. The van der Waals surface area contributed by atoms with Crippen LogP contribution in [0.1, 0.15) is 30.5 Å². The van der Waals surface area contributed by atoms with E-state index in [0.717, 1.165) is 66.1 Å². The number of thioether (sulfide) groups is 2. The van der Waals surface area contributed by atoms with Crippen LogP contribution in [0.5, 0.6) is 0 Å². The molecule has 6 rings (SSSR count). The number of para-hydroxylation sites is 1. The van der Waals surface area contributed by atoms with Gasteiger partial charge in [0.05, 0.1) is 28.0 Å². The highest BCUT2D eigenvalue weighted by atomic mass is 35.5. The molecule has 0 saturated heterocycles. The van der Waals surface area contributed by atoms with Crippen LogP contribution in [0.25, 0.3) is 44.3 Å². The molecule has 4 aromatic carbocycles. The third-order valence-corrected chi connectivity index (χ3v) is 9.73. The maximum absolute atomic E-state index is 9.67. The summed E-state index contributed by atoms with van der Waals surface area (Å²) in [5, 5.41) is 11.8. The predicted molar refractivity (Wildman–Crippen MR) is 185 cm³/mol. The molecule has 0 atom stereocenters. The van der Waals surface area contributed by atoms with E-state index in [-0.39, 0.29) is 16.0 Å². The minimum Gasteiger partial charge on any atom is -0.218 e. The zero-order chi connectivity index (χ0) is 31.0. The van der Waals surface area contributed by atoms with Gasteiger partial charge < -0.3 is 0 Å². The average Bonchev–Trinajstić information content (AvgIpc) is 3.03. The third-order valence-electron chi connectivity index (χ3n) is 7.80. The molecular formula is C35H27Cl2N5S2. The molecule has 0 aliphatic heterocycles. The van der Waals surface area contributed by atoms with Crippen molar-refractivity contribution in [3.8, 4) is 28.6 Å². The largest absolute Gasteiger partial charge is 0.223 e. The molecule has 0 fully saturated rings. The summed E-state index contributed by atoms with van der Waals surface area (Å²) >= 11 is 16.2. The van der Waals surface area contributed by atoms with E-state index in [0.29, 0.717) is 11.1 Å². The first-order valence-electron chi connectivity index (χ1n) is 13.9. The molecule has 9 heteroatoms. The van der Waals surface area contributed by atoms with Gasteiger partial charge in [-0.1, -0.05) is 62.4 Å². The van der Waals surface area contributed by atoms with Crippen molar-refractivity contribution in [3.05, 3.63) is 106 Å². The lowest BCUT2D eigenvalue weighted by molar-refractivity contribution is 0.523. The van der Waals surface area contributed by atoms with Gasteiger partial charge in [0, 0.05) is 31.7 Å². The Hall–Kier alpha value is -3.67. The van der Waals surface area contributed by atoms with Gasteiger partial charge in [0.15, 0.2) is 0 Å². The Balaban J connectivity index is 1.41. The van der Waals surface area contributed by atoms with Crippen LogP contribution >= 0.6 is 46.7 Å². The number of nitriles is 1. The fraction of sp³-hybridized carbons (Fsp3) is 0.171. The van der Waals surface area contributed by atoms with Crippen LogP contribution < -0.4 is 0 Å². The fourth-order valence-electron chi connectivity index (χ4n) is 5.65. The monoisotopic (exact) mass is 651 g/mol. The molecule has 0 aliphatic carbocycles. The number of benzene rings is 4. The van der Waals surface area contributed by atoms with E-state index in [1.807, 2.05) is 30.5 Å². The molecule has 0 aliphatic rings. The second-order valence-electron chi connectivity index (χ2n) is 11.0. The van der Waals surface area contributed by atoms with Gasteiger partial charge in [0.2, 0.25) is 10.6 Å². The van der Waals surface area contributed by atoms with E-state index < -0.39 is 0 Å². The Kier molecular flexibility index (Phi) is 8.54. The molecule has 0 unspecified atom stereocenters. The molecule has 0 saturated carbocycles. The van der Waals surface area contributed by atoms with Crippen LogP contribution in [0.2, 0.25) is 10.6 Å². The first kappa shape index (κ1) is 30.4. The summed E-state index contributed by atoms with van der Waals surface area (Å²) in [5.74, 6) is 0. The van der Waals surface area contributed by atoms with Crippen molar-refractivity contribution in [1.29, 1.82) is 5.26 Å². The molecule has 2 aromatic heterocycles. The fourth-order valence-corrected chi connectivity index (χ4v) is 7.17. The Morgan fingerprint density at radius 1 is 0.727 bits per heavy atom. The van der Waals surface area contributed by atoms with E-state index in [9.17, 15) is 5.26 Å². The highest BCUT2D eigenvalue weighted by Gasteiger charge is 2.24. The highest BCUT2D eigenvalue weighted by molar-refractivity contribution is 7.99. The summed E-state index contributed by atoms with van der Waals surface area (Å²) in [6, 6.07) is 28.9.